The second-order valence-corrected chi connectivity index (χ2v) is 2.45. The van der Waals surface area contributed by atoms with Crippen molar-refractivity contribution < 1.29 is 9.90 Å². The van der Waals surface area contributed by atoms with Crippen LogP contribution in [0.2, 0.25) is 0 Å². The van der Waals surface area contributed by atoms with Gasteiger partial charge in [-0.3, -0.25) is 0 Å². The number of nitrogens with zero attached hydrogens (tertiary/aromatic N) is 1. The minimum absolute atomic E-state index is 0.244. The average Bonchev–Trinajstić information content (AvgIpc) is 2.20. The molecule has 0 unspecified atom stereocenters. The number of carboxylic acid groups (broad SMARTS) is 1. The quantitative estimate of drug-likeness (QED) is 0.742. The number of rotatable bonds is 1. The van der Waals surface area contributed by atoms with Crippen LogP contribution in [0.25, 0.3) is 0 Å². The lowest BCUT2D eigenvalue weighted by Crippen LogP contribution is -1.99. The van der Waals surface area contributed by atoms with E-state index in [1.165, 1.54) is 12.1 Å². The minimum atomic E-state index is -0.961. The molecule has 1 N–H and O–H groups in total. The van der Waals surface area contributed by atoms with Gasteiger partial charge >= 0.3 is 5.97 Å². The number of aryl methyl sites for hydroxylation is 1. The fourth-order valence-electron chi connectivity index (χ4n) is 0.973. The Morgan fingerprint density at radius 1 is 1.43 bits per heavy atom. The van der Waals surface area contributed by atoms with Crippen LogP contribution in [0, 0.1) is 18.3 Å². The molecule has 3 nitrogen and oxygen atoms in total. The molecular formula is C11H13NO2. The Bertz CT molecular complexity index is 364. The van der Waals surface area contributed by atoms with Crippen molar-refractivity contribution >= 4 is 5.97 Å². The molecule has 1 aromatic rings. The fraction of sp³-hybridized carbons (Fsp3) is 0.273. The van der Waals surface area contributed by atoms with E-state index >= 15 is 0 Å². The molecule has 3 heteroatoms. The third kappa shape index (κ3) is 2.91. The molecule has 1 aromatic carbocycles. The summed E-state index contributed by atoms with van der Waals surface area (Å²) in [4.78, 5) is 10.5. The molecule has 0 aliphatic carbocycles. The molecule has 0 aliphatic rings. The van der Waals surface area contributed by atoms with Crippen molar-refractivity contribution in [3.05, 3.63) is 34.9 Å². The predicted octanol–water partition coefficient (Wildman–Crippen LogP) is 2.59. The van der Waals surface area contributed by atoms with Crippen LogP contribution in [-0.4, -0.2) is 11.1 Å². The maximum Gasteiger partial charge on any atom is 0.335 e. The van der Waals surface area contributed by atoms with Crippen LogP contribution in [0.5, 0.6) is 0 Å². The van der Waals surface area contributed by atoms with Gasteiger partial charge in [-0.2, -0.15) is 5.26 Å². The Morgan fingerprint density at radius 3 is 2.36 bits per heavy atom. The highest BCUT2D eigenvalue weighted by Crippen LogP contribution is 2.09. The summed E-state index contributed by atoms with van der Waals surface area (Å²) in [5.74, 6) is -0.961. The van der Waals surface area contributed by atoms with E-state index in [0.29, 0.717) is 11.1 Å². The Hall–Kier alpha value is -1.82. The first-order chi connectivity index (χ1) is 6.65. The van der Waals surface area contributed by atoms with Crippen LogP contribution in [0.15, 0.2) is 18.2 Å². The number of hydrogen-bond acceptors (Lipinski definition) is 2. The van der Waals surface area contributed by atoms with Gasteiger partial charge in [-0.1, -0.05) is 13.8 Å². The van der Waals surface area contributed by atoms with Gasteiger partial charge in [0.25, 0.3) is 0 Å². The van der Waals surface area contributed by atoms with Gasteiger partial charge in [-0.05, 0) is 30.7 Å². The normalized spacial score (nSPS) is 8.14. The second-order valence-electron chi connectivity index (χ2n) is 2.45. The van der Waals surface area contributed by atoms with Crippen molar-refractivity contribution in [2.75, 3.05) is 0 Å². The minimum Gasteiger partial charge on any atom is -0.478 e. The Balaban J connectivity index is 0.000000791. The smallest absolute Gasteiger partial charge is 0.335 e. The summed E-state index contributed by atoms with van der Waals surface area (Å²) in [6.07, 6.45) is 0. The number of carbonyl (C=O) groups is 1. The van der Waals surface area contributed by atoms with E-state index in [4.69, 9.17) is 10.4 Å². The van der Waals surface area contributed by atoms with E-state index in [2.05, 4.69) is 0 Å². The maximum absolute atomic E-state index is 10.5. The summed E-state index contributed by atoms with van der Waals surface area (Å²) >= 11 is 0. The van der Waals surface area contributed by atoms with E-state index in [9.17, 15) is 4.79 Å². The van der Waals surface area contributed by atoms with Gasteiger partial charge in [0, 0.05) is 0 Å². The third-order valence-electron chi connectivity index (χ3n) is 1.59. The first-order valence-corrected chi connectivity index (χ1v) is 4.39. The number of hydrogen-bond donors (Lipinski definition) is 1. The van der Waals surface area contributed by atoms with Crippen LogP contribution in [0.4, 0.5) is 0 Å². The van der Waals surface area contributed by atoms with E-state index < -0.39 is 5.97 Å². The SMILES string of the molecule is CC.Cc1cc(C#N)ccc1C(=O)O. The van der Waals surface area contributed by atoms with Gasteiger partial charge in [0.15, 0.2) is 0 Å². The zero-order chi connectivity index (χ0) is 11.1. The van der Waals surface area contributed by atoms with Crippen LogP contribution in [0.3, 0.4) is 0 Å². The fourth-order valence-corrected chi connectivity index (χ4v) is 0.973. The third-order valence-corrected chi connectivity index (χ3v) is 1.59. The van der Waals surface area contributed by atoms with Crippen molar-refractivity contribution in [1.82, 2.24) is 0 Å². The van der Waals surface area contributed by atoms with Crippen molar-refractivity contribution in [3.63, 3.8) is 0 Å². The average molecular weight is 191 g/mol. The van der Waals surface area contributed by atoms with Gasteiger partial charge in [0.2, 0.25) is 0 Å². The molecule has 14 heavy (non-hydrogen) atoms. The second kappa shape index (κ2) is 5.76. The van der Waals surface area contributed by atoms with E-state index in [1.807, 2.05) is 19.9 Å². The van der Waals surface area contributed by atoms with Crippen molar-refractivity contribution in [2.24, 2.45) is 0 Å². The van der Waals surface area contributed by atoms with Crippen molar-refractivity contribution in [3.8, 4) is 6.07 Å². The van der Waals surface area contributed by atoms with Crippen molar-refractivity contribution in [1.29, 1.82) is 5.26 Å². The molecule has 0 heterocycles. The lowest BCUT2D eigenvalue weighted by molar-refractivity contribution is 0.0696. The molecule has 0 atom stereocenters. The molecule has 74 valence electrons. The molecule has 0 aromatic heterocycles. The van der Waals surface area contributed by atoms with Crippen LogP contribution in [-0.2, 0) is 0 Å². The van der Waals surface area contributed by atoms with E-state index in [-0.39, 0.29) is 5.56 Å². The maximum atomic E-state index is 10.5. The summed E-state index contributed by atoms with van der Waals surface area (Å²) < 4.78 is 0. The zero-order valence-electron chi connectivity index (χ0n) is 8.53. The zero-order valence-corrected chi connectivity index (χ0v) is 8.53. The molecule has 0 radical (unpaired) electrons. The number of carboxylic acids is 1. The van der Waals surface area contributed by atoms with Gasteiger partial charge < -0.3 is 5.11 Å². The Kier molecular flexibility index (Phi) is 5.01. The monoisotopic (exact) mass is 191 g/mol. The first-order valence-electron chi connectivity index (χ1n) is 4.39. The van der Waals surface area contributed by atoms with Gasteiger partial charge in [0.05, 0.1) is 17.2 Å². The standard InChI is InChI=1S/C9H7NO2.C2H6/c1-6-4-7(5-10)2-3-8(6)9(11)12;1-2/h2-4H,1H3,(H,11,12);1-2H3. The van der Waals surface area contributed by atoms with Gasteiger partial charge in [-0.15, -0.1) is 0 Å². The van der Waals surface area contributed by atoms with Gasteiger partial charge in [0.1, 0.15) is 0 Å². The number of nitriles is 1. The predicted molar refractivity (Wildman–Crippen MR) is 54.2 cm³/mol. The molecule has 0 amide bonds. The molecule has 0 saturated heterocycles. The summed E-state index contributed by atoms with van der Waals surface area (Å²) in [6.45, 7) is 5.67. The van der Waals surface area contributed by atoms with E-state index in [0.717, 1.165) is 0 Å². The molecule has 0 fully saturated rings. The summed E-state index contributed by atoms with van der Waals surface area (Å²) in [7, 11) is 0. The van der Waals surface area contributed by atoms with Crippen LogP contribution < -0.4 is 0 Å². The summed E-state index contributed by atoms with van der Waals surface area (Å²) in [6, 6.07) is 6.44. The molecular weight excluding hydrogens is 178 g/mol. The summed E-state index contributed by atoms with van der Waals surface area (Å²) in [5.41, 5.74) is 1.34. The first kappa shape index (κ1) is 12.2. The molecule has 0 spiro atoms. The number of benzene rings is 1. The van der Waals surface area contributed by atoms with Crippen molar-refractivity contribution in [2.45, 2.75) is 20.8 Å². The molecule has 0 bridgehead atoms. The van der Waals surface area contributed by atoms with Crippen LogP contribution in [0.1, 0.15) is 35.3 Å². The molecule has 1 rings (SSSR count). The molecule has 0 aliphatic heterocycles. The van der Waals surface area contributed by atoms with Crippen LogP contribution >= 0.6 is 0 Å². The summed E-state index contributed by atoms with van der Waals surface area (Å²) in [5, 5.41) is 17.1. The lowest BCUT2D eigenvalue weighted by Gasteiger charge is -1.98. The highest BCUT2D eigenvalue weighted by Gasteiger charge is 2.05. The highest BCUT2D eigenvalue weighted by molar-refractivity contribution is 5.89. The topological polar surface area (TPSA) is 61.1 Å². The number of aromatic carboxylic acids is 1. The Labute approximate surface area is 83.6 Å². The lowest BCUT2D eigenvalue weighted by atomic mass is 10.1. The van der Waals surface area contributed by atoms with E-state index in [1.54, 1.807) is 13.0 Å². The Morgan fingerprint density at radius 2 is 2.00 bits per heavy atom. The highest BCUT2D eigenvalue weighted by atomic mass is 16.4. The molecule has 0 saturated carbocycles. The van der Waals surface area contributed by atoms with Gasteiger partial charge in [-0.25, -0.2) is 4.79 Å². The largest absolute Gasteiger partial charge is 0.478 e.